The van der Waals surface area contributed by atoms with Crippen molar-refractivity contribution in [2.24, 2.45) is 5.73 Å². The van der Waals surface area contributed by atoms with E-state index in [9.17, 15) is 0 Å². The highest BCUT2D eigenvalue weighted by atomic mass is 15.0. The number of aromatic nitrogens is 2. The second-order valence-corrected chi connectivity index (χ2v) is 2.83. The van der Waals surface area contributed by atoms with E-state index in [1.165, 1.54) is 6.33 Å². The molecule has 0 fully saturated rings. The van der Waals surface area contributed by atoms with E-state index < -0.39 is 0 Å². The number of nitrogens with zero attached hydrogens (tertiary/aromatic N) is 2. The summed E-state index contributed by atoms with van der Waals surface area (Å²) in [6.07, 6.45) is 9.06. The Balaban J connectivity index is 2.51. The van der Waals surface area contributed by atoms with E-state index >= 15 is 0 Å². The fourth-order valence-corrected chi connectivity index (χ4v) is 1.13. The Kier molecular flexibility index (Phi) is 4.62. The van der Waals surface area contributed by atoms with Crippen molar-refractivity contribution >= 4 is 0 Å². The van der Waals surface area contributed by atoms with E-state index in [2.05, 4.69) is 21.2 Å². The van der Waals surface area contributed by atoms with Crippen LogP contribution in [0.4, 0.5) is 0 Å². The standard InChI is InChI=1S/C10H14N4/c1-2-3-5-13-10(7-11)9-4-6-12-8-14-9/h1,4,6,8,10,13H,3,5,7,11H2. The molecule has 0 aliphatic heterocycles. The topological polar surface area (TPSA) is 63.8 Å². The van der Waals surface area contributed by atoms with Gasteiger partial charge < -0.3 is 11.1 Å². The minimum Gasteiger partial charge on any atom is -0.329 e. The van der Waals surface area contributed by atoms with Crippen molar-refractivity contribution < 1.29 is 0 Å². The van der Waals surface area contributed by atoms with Crippen LogP contribution in [0, 0.1) is 12.3 Å². The number of nitrogens with one attached hydrogen (secondary N) is 1. The average molecular weight is 190 g/mol. The monoisotopic (exact) mass is 190 g/mol. The molecule has 0 aliphatic rings. The first-order valence-electron chi connectivity index (χ1n) is 4.51. The summed E-state index contributed by atoms with van der Waals surface area (Å²) in [7, 11) is 0. The largest absolute Gasteiger partial charge is 0.329 e. The quantitative estimate of drug-likeness (QED) is 0.510. The molecule has 1 heterocycles. The van der Waals surface area contributed by atoms with Crippen LogP contribution in [0.2, 0.25) is 0 Å². The zero-order valence-electron chi connectivity index (χ0n) is 7.98. The van der Waals surface area contributed by atoms with E-state index in [1.54, 1.807) is 6.20 Å². The van der Waals surface area contributed by atoms with Crippen molar-refractivity contribution in [3.63, 3.8) is 0 Å². The predicted molar refractivity (Wildman–Crippen MR) is 55.3 cm³/mol. The molecule has 0 amide bonds. The third kappa shape index (κ3) is 3.13. The van der Waals surface area contributed by atoms with E-state index in [0.29, 0.717) is 13.0 Å². The van der Waals surface area contributed by atoms with Crippen molar-refractivity contribution in [3.05, 3.63) is 24.3 Å². The second kappa shape index (κ2) is 6.08. The summed E-state index contributed by atoms with van der Waals surface area (Å²) in [5.41, 5.74) is 6.51. The van der Waals surface area contributed by atoms with E-state index in [1.807, 2.05) is 6.07 Å². The van der Waals surface area contributed by atoms with Crippen LogP contribution in [0.3, 0.4) is 0 Å². The summed E-state index contributed by atoms with van der Waals surface area (Å²) in [6.45, 7) is 1.25. The molecular weight excluding hydrogens is 176 g/mol. The van der Waals surface area contributed by atoms with Crippen LogP contribution in [0.15, 0.2) is 18.6 Å². The fraction of sp³-hybridized carbons (Fsp3) is 0.400. The van der Waals surface area contributed by atoms with Crippen LogP contribution in [0.25, 0.3) is 0 Å². The number of nitrogens with two attached hydrogens (primary N) is 1. The molecule has 0 saturated heterocycles. The van der Waals surface area contributed by atoms with E-state index in [4.69, 9.17) is 12.2 Å². The normalized spacial score (nSPS) is 12.0. The van der Waals surface area contributed by atoms with Gasteiger partial charge in [-0.15, -0.1) is 12.3 Å². The Morgan fingerprint density at radius 3 is 3.07 bits per heavy atom. The molecule has 1 rings (SSSR count). The summed E-state index contributed by atoms with van der Waals surface area (Å²) in [4.78, 5) is 7.97. The van der Waals surface area contributed by atoms with Gasteiger partial charge >= 0.3 is 0 Å². The Morgan fingerprint density at radius 2 is 2.50 bits per heavy atom. The highest BCUT2D eigenvalue weighted by Gasteiger charge is 2.08. The van der Waals surface area contributed by atoms with E-state index in [0.717, 1.165) is 12.2 Å². The number of hydrogen-bond acceptors (Lipinski definition) is 4. The minimum atomic E-state index is 0.0614. The average Bonchev–Trinajstić information content (AvgIpc) is 2.26. The molecule has 1 aromatic rings. The maximum Gasteiger partial charge on any atom is 0.115 e. The lowest BCUT2D eigenvalue weighted by molar-refractivity contribution is 0.537. The van der Waals surface area contributed by atoms with Gasteiger partial charge in [0.15, 0.2) is 0 Å². The summed E-state index contributed by atoms with van der Waals surface area (Å²) in [6, 6.07) is 1.91. The van der Waals surface area contributed by atoms with E-state index in [-0.39, 0.29) is 6.04 Å². The molecule has 0 bridgehead atoms. The van der Waals surface area contributed by atoms with Crippen LogP contribution in [-0.2, 0) is 0 Å². The van der Waals surface area contributed by atoms with Gasteiger partial charge in [0.05, 0.1) is 11.7 Å². The first-order valence-corrected chi connectivity index (χ1v) is 4.51. The van der Waals surface area contributed by atoms with Crippen molar-refractivity contribution in [1.82, 2.24) is 15.3 Å². The Bertz CT molecular complexity index is 291. The summed E-state index contributed by atoms with van der Waals surface area (Å²) < 4.78 is 0. The lowest BCUT2D eigenvalue weighted by atomic mass is 10.2. The smallest absolute Gasteiger partial charge is 0.115 e. The lowest BCUT2D eigenvalue weighted by Crippen LogP contribution is -2.29. The van der Waals surface area contributed by atoms with Crippen LogP contribution >= 0.6 is 0 Å². The summed E-state index contributed by atoms with van der Waals surface area (Å²) in [5.74, 6) is 2.56. The van der Waals surface area contributed by atoms with Gasteiger partial charge in [-0.05, 0) is 6.07 Å². The van der Waals surface area contributed by atoms with Gasteiger partial charge in [0, 0.05) is 25.7 Å². The van der Waals surface area contributed by atoms with Crippen molar-refractivity contribution in [2.75, 3.05) is 13.1 Å². The Labute approximate surface area is 83.9 Å². The molecule has 74 valence electrons. The highest BCUT2D eigenvalue weighted by Crippen LogP contribution is 2.05. The van der Waals surface area contributed by atoms with Gasteiger partial charge in [-0.1, -0.05) is 0 Å². The van der Waals surface area contributed by atoms with Crippen LogP contribution in [0.5, 0.6) is 0 Å². The molecule has 1 unspecified atom stereocenters. The van der Waals surface area contributed by atoms with Gasteiger partial charge in [0.25, 0.3) is 0 Å². The Hall–Kier alpha value is -1.44. The van der Waals surface area contributed by atoms with Crippen molar-refractivity contribution in [1.29, 1.82) is 0 Å². The SMILES string of the molecule is C#CCCNC(CN)c1ccncn1. The molecule has 0 radical (unpaired) electrons. The molecule has 0 aromatic carbocycles. The first-order chi connectivity index (χ1) is 6.88. The van der Waals surface area contributed by atoms with Gasteiger partial charge in [-0.2, -0.15) is 0 Å². The zero-order valence-corrected chi connectivity index (χ0v) is 7.98. The molecule has 14 heavy (non-hydrogen) atoms. The predicted octanol–water partition coefficient (Wildman–Crippen LogP) is 0.0893. The minimum absolute atomic E-state index is 0.0614. The van der Waals surface area contributed by atoms with Crippen molar-refractivity contribution in [3.8, 4) is 12.3 Å². The van der Waals surface area contributed by atoms with Gasteiger partial charge in [0.1, 0.15) is 6.33 Å². The number of rotatable bonds is 5. The molecule has 1 atom stereocenters. The van der Waals surface area contributed by atoms with Gasteiger partial charge in [-0.3, -0.25) is 0 Å². The molecule has 1 aromatic heterocycles. The first kappa shape index (κ1) is 10.6. The molecule has 3 N–H and O–H groups in total. The third-order valence-corrected chi connectivity index (χ3v) is 1.86. The summed E-state index contributed by atoms with van der Waals surface area (Å²) >= 11 is 0. The number of terminal acetylenes is 1. The molecule has 0 saturated carbocycles. The molecule has 0 spiro atoms. The third-order valence-electron chi connectivity index (χ3n) is 1.86. The highest BCUT2D eigenvalue weighted by molar-refractivity contribution is 5.05. The zero-order chi connectivity index (χ0) is 10.2. The van der Waals surface area contributed by atoms with Gasteiger partial charge in [0.2, 0.25) is 0 Å². The molecule has 0 aliphatic carbocycles. The molecular formula is C10H14N4. The summed E-state index contributed by atoms with van der Waals surface area (Å²) in [5, 5.41) is 3.23. The van der Waals surface area contributed by atoms with Crippen LogP contribution < -0.4 is 11.1 Å². The van der Waals surface area contributed by atoms with Crippen molar-refractivity contribution in [2.45, 2.75) is 12.5 Å². The maximum absolute atomic E-state index is 5.61. The van der Waals surface area contributed by atoms with Gasteiger partial charge in [-0.25, -0.2) is 9.97 Å². The van der Waals surface area contributed by atoms with Crippen LogP contribution in [-0.4, -0.2) is 23.1 Å². The maximum atomic E-state index is 5.61. The molecule has 4 heteroatoms. The number of hydrogen-bond donors (Lipinski definition) is 2. The second-order valence-electron chi connectivity index (χ2n) is 2.83. The Morgan fingerprint density at radius 1 is 1.64 bits per heavy atom. The lowest BCUT2D eigenvalue weighted by Gasteiger charge is -2.14. The fourth-order valence-electron chi connectivity index (χ4n) is 1.13. The molecule has 4 nitrogen and oxygen atoms in total. The van der Waals surface area contributed by atoms with Crippen LogP contribution in [0.1, 0.15) is 18.2 Å².